The van der Waals surface area contributed by atoms with Gasteiger partial charge in [-0.15, -0.1) is 0 Å². The van der Waals surface area contributed by atoms with Crippen molar-refractivity contribution in [2.24, 2.45) is 7.05 Å². The van der Waals surface area contributed by atoms with Gasteiger partial charge in [0, 0.05) is 13.2 Å². The number of amides is 1. The van der Waals surface area contributed by atoms with Crippen LogP contribution in [0.15, 0.2) is 30.9 Å². The maximum atomic E-state index is 11.7. The molecule has 0 atom stereocenters. The average Bonchev–Trinajstić information content (AvgIpc) is 2.76. The average molecular weight is 246 g/mol. The van der Waals surface area contributed by atoms with Gasteiger partial charge in [-0.1, -0.05) is 0 Å². The summed E-state index contributed by atoms with van der Waals surface area (Å²) in [5, 5.41) is 11.2. The molecule has 2 heterocycles. The highest BCUT2D eigenvalue weighted by Gasteiger charge is 2.10. The summed E-state index contributed by atoms with van der Waals surface area (Å²) >= 11 is 0. The Labute approximate surface area is 102 Å². The van der Waals surface area contributed by atoms with Crippen molar-refractivity contribution in [1.82, 2.24) is 14.5 Å². The third kappa shape index (κ3) is 2.51. The molecule has 7 nitrogen and oxygen atoms in total. The topological polar surface area (TPSA) is 97.1 Å². The molecule has 2 N–H and O–H groups in total. The Hall–Kier alpha value is -2.70. The summed E-state index contributed by atoms with van der Waals surface area (Å²) in [5.41, 5.74) is 0.612. The summed E-state index contributed by atoms with van der Waals surface area (Å²) in [6.07, 6.45) is 4.37. The minimum absolute atomic E-state index is 0.0779. The van der Waals surface area contributed by atoms with E-state index in [1.54, 1.807) is 17.8 Å². The van der Waals surface area contributed by atoms with E-state index in [2.05, 4.69) is 15.3 Å². The van der Waals surface area contributed by atoms with Crippen molar-refractivity contribution in [2.45, 2.75) is 0 Å². The van der Waals surface area contributed by atoms with E-state index in [1.165, 1.54) is 24.7 Å². The predicted octanol–water partition coefficient (Wildman–Crippen LogP) is 0.766. The van der Waals surface area contributed by atoms with Crippen molar-refractivity contribution < 1.29 is 14.7 Å². The Morgan fingerprint density at radius 1 is 1.28 bits per heavy atom. The number of carbonyl (C=O) groups excluding carboxylic acids is 1. The third-order valence-corrected chi connectivity index (χ3v) is 2.18. The van der Waals surface area contributed by atoms with Crippen LogP contribution in [0.25, 0.3) is 0 Å². The fraction of sp³-hybridized carbons (Fsp3) is 0.0909. The number of hydrogen-bond donors (Lipinski definition) is 2. The molecule has 0 saturated heterocycles. The summed E-state index contributed by atoms with van der Waals surface area (Å²) in [5.74, 6) is -1.49. The molecule has 92 valence electrons. The van der Waals surface area contributed by atoms with Gasteiger partial charge >= 0.3 is 5.97 Å². The molecule has 18 heavy (non-hydrogen) atoms. The van der Waals surface area contributed by atoms with E-state index in [1.807, 2.05) is 0 Å². The van der Waals surface area contributed by atoms with Crippen molar-refractivity contribution in [3.8, 4) is 0 Å². The van der Waals surface area contributed by atoms with E-state index in [9.17, 15) is 9.59 Å². The van der Waals surface area contributed by atoms with Crippen LogP contribution in [0.3, 0.4) is 0 Å². The van der Waals surface area contributed by atoms with Crippen LogP contribution in [-0.4, -0.2) is 31.5 Å². The van der Waals surface area contributed by atoms with E-state index in [-0.39, 0.29) is 17.3 Å². The number of pyridine rings is 1. The van der Waals surface area contributed by atoms with Gasteiger partial charge in [0.1, 0.15) is 11.4 Å². The molecule has 7 heteroatoms. The van der Waals surface area contributed by atoms with Crippen molar-refractivity contribution >= 4 is 17.6 Å². The number of anilines is 1. The Kier molecular flexibility index (Phi) is 3.05. The standard InChI is InChI=1S/C11H10N4O3/c1-15-5-9(13-6-15)10(16)14-7-2-3-8(11(17)18)12-4-7/h2-6H,1H3,(H,14,16)(H,17,18). The van der Waals surface area contributed by atoms with Gasteiger partial charge in [0.05, 0.1) is 18.2 Å². The molecule has 0 saturated carbocycles. The second kappa shape index (κ2) is 4.66. The van der Waals surface area contributed by atoms with Crippen LogP contribution < -0.4 is 5.32 Å². The highest BCUT2D eigenvalue weighted by molar-refractivity contribution is 6.02. The number of aryl methyl sites for hydroxylation is 1. The van der Waals surface area contributed by atoms with Crippen LogP contribution in [0.4, 0.5) is 5.69 Å². The molecule has 0 aliphatic carbocycles. The molecule has 2 rings (SSSR count). The van der Waals surface area contributed by atoms with Crippen LogP contribution in [0.2, 0.25) is 0 Å². The predicted molar refractivity (Wildman–Crippen MR) is 62.4 cm³/mol. The Bertz CT molecular complexity index is 589. The summed E-state index contributed by atoms with van der Waals surface area (Å²) in [7, 11) is 1.76. The van der Waals surface area contributed by atoms with E-state index in [0.717, 1.165) is 0 Å². The summed E-state index contributed by atoms with van der Waals surface area (Å²) in [6, 6.07) is 2.79. The minimum atomic E-state index is -1.11. The summed E-state index contributed by atoms with van der Waals surface area (Å²) < 4.78 is 1.65. The number of aromatic nitrogens is 3. The SMILES string of the molecule is Cn1cnc(C(=O)Nc2ccc(C(=O)O)nc2)c1. The lowest BCUT2D eigenvalue weighted by atomic mass is 10.3. The quantitative estimate of drug-likeness (QED) is 0.833. The van der Waals surface area contributed by atoms with Gasteiger partial charge in [-0.3, -0.25) is 4.79 Å². The summed E-state index contributed by atoms with van der Waals surface area (Å²) in [4.78, 5) is 29.9. The molecule has 0 aliphatic rings. The number of rotatable bonds is 3. The number of nitrogens with zero attached hydrogens (tertiary/aromatic N) is 3. The Balaban J connectivity index is 2.10. The van der Waals surface area contributed by atoms with Gasteiger partial charge in [-0.2, -0.15) is 0 Å². The van der Waals surface area contributed by atoms with Crippen LogP contribution in [0.1, 0.15) is 21.0 Å². The summed E-state index contributed by atoms with van der Waals surface area (Å²) in [6.45, 7) is 0. The monoisotopic (exact) mass is 246 g/mol. The first kappa shape index (κ1) is 11.8. The molecule has 2 aromatic rings. The van der Waals surface area contributed by atoms with Crippen LogP contribution >= 0.6 is 0 Å². The van der Waals surface area contributed by atoms with Gasteiger partial charge in [0.15, 0.2) is 0 Å². The largest absolute Gasteiger partial charge is 0.477 e. The first-order chi connectivity index (χ1) is 8.56. The first-order valence-corrected chi connectivity index (χ1v) is 5.05. The smallest absolute Gasteiger partial charge is 0.354 e. The van der Waals surface area contributed by atoms with Crippen LogP contribution in [0, 0.1) is 0 Å². The molecule has 0 aliphatic heterocycles. The molecule has 0 fully saturated rings. The highest BCUT2D eigenvalue weighted by Crippen LogP contribution is 2.08. The van der Waals surface area contributed by atoms with Gasteiger partial charge < -0.3 is 15.0 Å². The number of carboxylic acids is 1. The third-order valence-electron chi connectivity index (χ3n) is 2.18. The molecular weight excluding hydrogens is 236 g/mol. The van der Waals surface area contributed by atoms with E-state index < -0.39 is 5.97 Å². The number of aromatic carboxylic acids is 1. The lowest BCUT2D eigenvalue weighted by Gasteiger charge is -2.02. The van der Waals surface area contributed by atoms with Gasteiger partial charge in [0.2, 0.25) is 0 Å². The fourth-order valence-corrected chi connectivity index (χ4v) is 1.32. The molecule has 1 amide bonds. The lowest BCUT2D eigenvalue weighted by molar-refractivity contribution is 0.0690. The highest BCUT2D eigenvalue weighted by atomic mass is 16.4. The van der Waals surface area contributed by atoms with Gasteiger partial charge in [-0.25, -0.2) is 14.8 Å². The molecule has 0 unspecified atom stereocenters. The molecule has 0 aromatic carbocycles. The van der Waals surface area contributed by atoms with Gasteiger partial charge in [-0.05, 0) is 12.1 Å². The fourth-order valence-electron chi connectivity index (χ4n) is 1.32. The van der Waals surface area contributed by atoms with Crippen LogP contribution in [0.5, 0.6) is 0 Å². The second-order valence-corrected chi connectivity index (χ2v) is 3.62. The zero-order chi connectivity index (χ0) is 13.1. The molecular formula is C11H10N4O3. The van der Waals surface area contributed by atoms with Crippen molar-refractivity contribution in [3.63, 3.8) is 0 Å². The normalized spacial score (nSPS) is 10.1. The number of nitrogens with one attached hydrogen (secondary N) is 1. The zero-order valence-corrected chi connectivity index (χ0v) is 9.49. The molecule has 0 radical (unpaired) electrons. The molecule has 2 aromatic heterocycles. The number of hydrogen-bond acceptors (Lipinski definition) is 4. The van der Waals surface area contributed by atoms with Crippen molar-refractivity contribution in [2.75, 3.05) is 5.32 Å². The van der Waals surface area contributed by atoms with Crippen molar-refractivity contribution in [3.05, 3.63) is 42.2 Å². The molecule has 0 bridgehead atoms. The maximum absolute atomic E-state index is 11.7. The minimum Gasteiger partial charge on any atom is -0.477 e. The maximum Gasteiger partial charge on any atom is 0.354 e. The Morgan fingerprint density at radius 3 is 2.56 bits per heavy atom. The second-order valence-electron chi connectivity index (χ2n) is 3.62. The van der Waals surface area contributed by atoms with Gasteiger partial charge in [0.25, 0.3) is 5.91 Å². The molecule has 0 spiro atoms. The Morgan fingerprint density at radius 2 is 2.06 bits per heavy atom. The van der Waals surface area contributed by atoms with E-state index in [4.69, 9.17) is 5.11 Å². The number of carbonyl (C=O) groups is 2. The first-order valence-electron chi connectivity index (χ1n) is 5.05. The zero-order valence-electron chi connectivity index (χ0n) is 9.49. The van der Waals surface area contributed by atoms with E-state index in [0.29, 0.717) is 5.69 Å². The number of carboxylic acid groups (broad SMARTS) is 1. The number of imidazole rings is 1. The van der Waals surface area contributed by atoms with E-state index >= 15 is 0 Å². The van der Waals surface area contributed by atoms with Crippen molar-refractivity contribution in [1.29, 1.82) is 0 Å². The van der Waals surface area contributed by atoms with Crippen LogP contribution in [-0.2, 0) is 7.05 Å². The lowest BCUT2D eigenvalue weighted by Crippen LogP contribution is -2.13.